The van der Waals surface area contributed by atoms with Gasteiger partial charge in [-0.05, 0) is 30.2 Å². The highest BCUT2D eigenvalue weighted by Gasteiger charge is 2.06. The molecule has 2 aromatic rings. The van der Waals surface area contributed by atoms with Gasteiger partial charge in [-0.2, -0.15) is 0 Å². The van der Waals surface area contributed by atoms with Crippen LogP contribution in [0, 0.1) is 0 Å². The van der Waals surface area contributed by atoms with Crippen LogP contribution < -0.4 is 10.6 Å². The summed E-state index contributed by atoms with van der Waals surface area (Å²) in [5, 5.41) is 6.04. The van der Waals surface area contributed by atoms with E-state index in [1.807, 2.05) is 36.4 Å². The van der Waals surface area contributed by atoms with E-state index >= 15 is 0 Å². The van der Waals surface area contributed by atoms with E-state index in [-0.39, 0.29) is 11.9 Å². The number of esters is 1. The Hall–Kier alpha value is -2.82. The number of methoxy groups -OCH3 is 1. The van der Waals surface area contributed by atoms with Crippen molar-refractivity contribution in [1.29, 1.82) is 0 Å². The van der Waals surface area contributed by atoms with Crippen molar-refractivity contribution >= 4 is 17.6 Å². The van der Waals surface area contributed by atoms with Crippen LogP contribution in [0.2, 0.25) is 0 Å². The minimum Gasteiger partial charge on any atom is -0.465 e. The molecule has 0 spiro atoms. The number of hydrogen-bond acceptors (Lipinski definition) is 4. The van der Waals surface area contributed by atoms with Gasteiger partial charge in [-0.1, -0.05) is 36.4 Å². The third kappa shape index (κ3) is 5.76. The Kier molecular flexibility index (Phi) is 6.83. The average molecular weight is 326 g/mol. The molecular formula is C19H22N2O3. The molecule has 2 rings (SSSR count). The maximum atomic E-state index is 11.8. The van der Waals surface area contributed by atoms with Gasteiger partial charge in [0.2, 0.25) is 5.91 Å². The van der Waals surface area contributed by atoms with Crippen molar-refractivity contribution in [2.24, 2.45) is 0 Å². The van der Waals surface area contributed by atoms with Crippen LogP contribution in [0.1, 0.15) is 22.3 Å². The fraction of sp³-hybridized carbons (Fsp3) is 0.263. The fourth-order valence-corrected chi connectivity index (χ4v) is 2.27. The molecule has 0 saturated carbocycles. The number of ether oxygens (including phenoxy) is 1. The van der Waals surface area contributed by atoms with E-state index in [4.69, 9.17) is 0 Å². The highest BCUT2D eigenvalue weighted by atomic mass is 16.5. The Labute approximate surface area is 142 Å². The van der Waals surface area contributed by atoms with Gasteiger partial charge in [0, 0.05) is 25.2 Å². The number of nitrogens with one attached hydrogen (secondary N) is 2. The van der Waals surface area contributed by atoms with Crippen LogP contribution in [0.3, 0.4) is 0 Å². The summed E-state index contributed by atoms with van der Waals surface area (Å²) < 4.78 is 4.68. The number of rotatable bonds is 8. The Morgan fingerprint density at radius 1 is 1.00 bits per heavy atom. The quantitative estimate of drug-likeness (QED) is 0.732. The second kappa shape index (κ2) is 9.35. The van der Waals surface area contributed by atoms with E-state index in [0.717, 1.165) is 12.1 Å². The number of benzene rings is 2. The molecule has 2 N–H and O–H groups in total. The lowest BCUT2D eigenvalue weighted by Gasteiger charge is -2.08. The summed E-state index contributed by atoms with van der Waals surface area (Å²) in [5.41, 5.74) is 2.47. The maximum absolute atomic E-state index is 11.8. The van der Waals surface area contributed by atoms with Crippen LogP contribution in [0.25, 0.3) is 0 Å². The van der Waals surface area contributed by atoms with Crippen LogP contribution in [0.15, 0.2) is 54.6 Å². The number of carbonyl (C=O) groups is 2. The Balaban J connectivity index is 1.68. The Morgan fingerprint density at radius 3 is 2.54 bits per heavy atom. The molecule has 24 heavy (non-hydrogen) atoms. The van der Waals surface area contributed by atoms with Crippen molar-refractivity contribution in [2.45, 2.75) is 12.8 Å². The van der Waals surface area contributed by atoms with Crippen LogP contribution in [-0.4, -0.2) is 32.1 Å². The zero-order valence-corrected chi connectivity index (χ0v) is 13.7. The summed E-state index contributed by atoms with van der Waals surface area (Å²) in [5.74, 6) is -0.375. The largest absolute Gasteiger partial charge is 0.465 e. The van der Waals surface area contributed by atoms with E-state index in [1.54, 1.807) is 18.2 Å². The summed E-state index contributed by atoms with van der Waals surface area (Å²) in [7, 11) is 1.35. The minimum atomic E-state index is -0.377. The molecule has 5 heteroatoms. The fourth-order valence-electron chi connectivity index (χ4n) is 2.27. The van der Waals surface area contributed by atoms with Gasteiger partial charge in [0.1, 0.15) is 0 Å². The molecule has 0 radical (unpaired) electrons. The second-order valence-electron chi connectivity index (χ2n) is 5.33. The molecular weight excluding hydrogens is 304 g/mol. The van der Waals surface area contributed by atoms with Gasteiger partial charge in [0.15, 0.2) is 0 Å². The smallest absolute Gasteiger partial charge is 0.337 e. The SMILES string of the molecule is COC(=O)c1cccc(NCCC(=O)NCCc2ccccc2)c1. The molecule has 0 heterocycles. The molecule has 1 amide bonds. The van der Waals surface area contributed by atoms with Crippen LogP contribution in [0.4, 0.5) is 5.69 Å². The summed E-state index contributed by atoms with van der Waals surface area (Å²) in [6.45, 7) is 1.13. The van der Waals surface area contributed by atoms with Crippen LogP contribution in [0.5, 0.6) is 0 Å². The lowest BCUT2D eigenvalue weighted by atomic mass is 10.1. The number of hydrogen-bond donors (Lipinski definition) is 2. The van der Waals surface area contributed by atoms with E-state index < -0.39 is 0 Å². The van der Waals surface area contributed by atoms with Crippen molar-refractivity contribution in [1.82, 2.24) is 5.32 Å². The predicted molar refractivity (Wildman–Crippen MR) is 94.0 cm³/mol. The molecule has 2 aromatic carbocycles. The Morgan fingerprint density at radius 2 is 1.79 bits per heavy atom. The van der Waals surface area contributed by atoms with Gasteiger partial charge >= 0.3 is 5.97 Å². The first-order chi connectivity index (χ1) is 11.7. The molecule has 126 valence electrons. The molecule has 0 fully saturated rings. The number of amides is 1. The van der Waals surface area contributed by atoms with Gasteiger partial charge in [-0.25, -0.2) is 4.79 Å². The van der Waals surface area contributed by atoms with Crippen molar-refractivity contribution in [2.75, 3.05) is 25.5 Å². The van der Waals surface area contributed by atoms with Crippen molar-refractivity contribution in [3.63, 3.8) is 0 Å². The molecule has 0 unspecified atom stereocenters. The lowest BCUT2D eigenvalue weighted by molar-refractivity contribution is -0.120. The maximum Gasteiger partial charge on any atom is 0.337 e. The summed E-state index contributed by atoms with van der Waals surface area (Å²) >= 11 is 0. The van der Waals surface area contributed by atoms with Crippen molar-refractivity contribution in [3.05, 3.63) is 65.7 Å². The third-order valence-electron chi connectivity index (χ3n) is 3.54. The zero-order chi connectivity index (χ0) is 17.2. The molecule has 5 nitrogen and oxygen atoms in total. The monoisotopic (exact) mass is 326 g/mol. The van der Waals surface area contributed by atoms with E-state index in [2.05, 4.69) is 15.4 Å². The van der Waals surface area contributed by atoms with Crippen molar-refractivity contribution < 1.29 is 14.3 Å². The minimum absolute atomic E-state index is 0.00236. The van der Waals surface area contributed by atoms with Crippen molar-refractivity contribution in [3.8, 4) is 0 Å². The molecule has 0 aromatic heterocycles. The number of anilines is 1. The molecule has 0 aliphatic carbocycles. The summed E-state index contributed by atoms with van der Waals surface area (Å²) in [6.07, 6.45) is 1.19. The topological polar surface area (TPSA) is 67.4 Å². The lowest BCUT2D eigenvalue weighted by Crippen LogP contribution is -2.27. The average Bonchev–Trinajstić information content (AvgIpc) is 2.62. The predicted octanol–water partition coefficient (Wildman–Crippen LogP) is 2.63. The first-order valence-corrected chi connectivity index (χ1v) is 7.92. The number of carbonyl (C=O) groups excluding carboxylic acids is 2. The molecule has 0 bridgehead atoms. The van der Waals surface area contributed by atoms with Crippen LogP contribution >= 0.6 is 0 Å². The highest BCUT2D eigenvalue weighted by Crippen LogP contribution is 2.11. The van der Waals surface area contributed by atoms with Gasteiger partial charge in [-0.3, -0.25) is 4.79 Å². The van der Waals surface area contributed by atoms with Gasteiger partial charge in [0.05, 0.1) is 12.7 Å². The van der Waals surface area contributed by atoms with Crippen LogP contribution in [-0.2, 0) is 16.0 Å². The molecule has 0 aliphatic rings. The normalized spacial score (nSPS) is 10.0. The van der Waals surface area contributed by atoms with E-state index in [9.17, 15) is 9.59 Å². The van der Waals surface area contributed by atoms with Gasteiger partial charge in [0.25, 0.3) is 0 Å². The zero-order valence-electron chi connectivity index (χ0n) is 13.7. The molecule has 0 saturated heterocycles. The third-order valence-corrected chi connectivity index (χ3v) is 3.54. The Bertz CT molecular complexity index is 671. The standard InChI is InChI=1S/C19H22N2O3/c1-24-19(23)16-8-5-9-17(14-16)20-13-11-18(22)21-12-10-15-6-3-2-4-7-15/h2-9,14,20H,10-13H2,1H3,(H,21,22). The van der Waals surface area contributed by atoms with Gasteiger partial charge < -0.3 is 15.4 Å². The summed E-state index contributed by atoms with van der Waals surface area (Å²) in [6, 6.07) is 17.1. The first-order valence-electron chi connectivity index (χ1n) is 7.92. The molecule has 0 aliphatic heterocycles. The van der Waals surface area contributed by atoms with E-state index in [1.165, 1.54) is 12.7 Å². The molecule has 0 atom stereocenters. The first kappa shape index (κ1) is 17.5. The van der Waals surface area contributed by atoms with Gasteiger partial charge in [-0.15, -0.1) is 0 Å². The highest BCUT2D eigenvalue weighted by molar-refractivity contribution is 5.90. The van der Waals surface area contributed by atoms with E-state index in [0.29, 0.717) is 25.1 Å². The summed E-state index contributed by atoms with van der Waals surface area (Å²) in [4.78, 5) is 23.3. The second-order valence-corrected chi connectivity index (χ2v) is 5.33.